The third-order valence-electron chi connectivity index (χ3n) is 3.05. The number of hydrogen-bond acceptors (Lipinski definition) is 5. The second kappa shape index (κ2) is 5.45. The largest absolute Gasteiger partial charge is 0.480 e. The molecule has 0 aliphatic carbocycles. The van der Waals surface area contributed by atoms with Gasteiger partial charge in [0.05, 0.1) is 16.4 Å². The molecule has 2 rings (SSSR count). The number of amides is 1. The van der Waals surface area contributed by atoms with Gasteiger partial charge in [0.15, 0.2) is 9.84 Å². The van der Waals surface area contributed by atoms with Gasteiger partial charge in [0, 0.05) is 15.9 Å². The Bertz CT molecular complexity index is 647. The number of sulfone groups is 1. The van der Waals surface area contributed by atoms with E-state index < -0.39 is 33.5 Å². The second-order valence-electron chi connectivity index (χ2n) is 4.48. The summed E-state index contributed by atoms with van der Waals surface area (Å²) in [6.07, 6.45) is 0. The van der Waals surface area contributed by atoms with Crippen LogP contribution in [0.2, 0.25) is 0 Å². The lowest BCUT2D eigenvalue weighted by Gasteiger charge is -2.32. The number of carbonyl (C=O) groups excluding carboxylic acids is 1. The van der Waals surface area contributed by atoms with E-state index in [1.54, 1.807) is 6.07 Å². The normalized spacial score (nSPS) is 21.7. The van der Waals surface area contributed by atoms with Crippen molar-refractivity contribution in [3.63, 3.8) is 0 Å². The van der Waals surface area contributed by atoms with Gasteiger partial charge in [-0.25, -0.2) is 13.2 Å². The fourth-order valence-corrected chi connectivity index (χ4v) is 4.90. The third kappa shape index (κ3) is 3.04. The predicted octanol–water partition coefficient (Wildman–Crippen LogP) is 1.14. The summed E-state index contributed by atoms with van der Waals surface area (Å²) in [6, 6.07) is 0.312. The third-order valence-corrected chi connectivity index (χ3v) is 6.80. The topological polar surface area (TPSA) is 91.8 Å². The number of thiophene rings is 1. The molecule has 6 nitrogen and oxygen atoms in total. The Hall–Kier alpha value is -0.930. The summed E-state index contributed by atoms with van der Waals surface area (Å²) in [5.41, 5.74) is 0. The average molecular weight is 382 g/mol. The SMILES string of the molecule is Cc1sc(C(=O)N2CCS(=O)(=O)CC2C(=O)O)cc1Br. The molecule has 0 spiro atoms. The van der Waals surface area contributed by atoms with Crippen molar-refractivity contribution >= 4 is 49.0 Å². The molecule has 1 atom stereocenters. The Morgan fingerprint density at radius 2 is 2.15 bits per heavy atom. The lowest BCUT2D eigenvalue weighted by molar-refractivity contribution is -0.141. The lowest BCUT2D eigenvalue weighted by atomic mass is 10.2. The number of aliphatic carboxylic acids is 1. The standard InChI is InChI=1S/C11H12BrNO5S2/c1-6-7(12)4-9(19-6)10(14)13-2-3-20(17,18)5-8(13)11(15)16/h4,8H,2-3,5H2,1H3,(H,15,16). The zero-order chi connectivity index (χ0) is 15.1. The van der Waals surface area contributed by atoms with E-state index in [0.717, 1.165) is 14.2 Å². The molecule has 0 saturated carbocycles. The van der Waals surface area contributed by atoms with E-state index in [1.807, 2.05) is 6.92 Å². The molecule has 1 N–H and O–H groups in total. The molecule has 0 bridgehead atoms. The van der Waals surface area contributed by atoms with E-state index >= 15 is 0 Å². The highest BCUT2D eigenvalue weighted by molar-refractivity contribution is 9.10. The summed E-state index contributed by atoms with van der Waals surface area (Å²) in [5, 5.41) is 9.13. The summed E-state index contributed by atoms with van der Waals surface area (Å²) < 4.78 is 23.8. The quantitative estimate of drug-likeness (QED) is 0.829. The van der Waals surface area contributed by atoms with E-state index in [0.29, 0.717) is 4.88 Å². The maximum atomic E-state index is 12.3. The van der Waals surface area contributed by atoms with Gasteiger partial charge in [0.1, 0.15) is 6.04 Å². The van der Waals surface area contributed by atoms with Crippen LogP contribution < -0.4 is 0 Å². The fourth-order valence-electron chi connectivity index (χ4n) is 1.96. The van der Waals surface area contributed by atoms with Crippen LogP contribution in [0.15, 0.2) is 10.5 Å². The first-order valence-corrected chi connectivity index (χ1v) is 9.14. The van der Waals surface area contributed by atoms with Crippen molar-refractivity contribution < 1.29 is 23.1 Å². The summed E-state index contributed by atoms with van der Waals surface area (Å²) in [5.74, 6) is -2.46. The van der Waals surface area contributed by atoms with Crippen molar-refractivity contribution in [3.8, 4) is 0 Å². The smallest absolute Gasteiger partial charge is 0.327 e. The van der Waals surface area contributed by atoms with Gasteiger partial charge in [-0.05, 0) is 28.9 Å². The maximum Gasteiger partial charge on any atom is 0.327 e. The van der Waals surface area contributed by atoms with Gasteiger partial charge < -0.3 is 10.0 Å². The Morgan fingerprint density at radius 3 is 2.65 bits per heavy atom. The van der Waals surface area contributed by atoms with Crippen LogP contribution >= 0.6 is 27.3 Å². The molecular weight excluding hydrogens is 370 g/mol. The van der Waals surface area contributed by atoms with Gasteiger partial charge in [-0.2, -0.15) is 0 Å². The van der Waals surface area contributed by atoms with Crippen molar-refractivity contribution in [2.24, 2.45) is 0 Å². The van der Waals surface area contributed by atoms with Crippen LogP contribution in [0, 0.1) is 6.92 Å². The summed E-state index contributed by atoms with van der Waals surface area (Å²) in [4.78, 5) is 26.0. The Labute approximate surface area is 128 Å². The molecule has 1 aliphatic heterocycles. The van der Waals surface area contributed by atoms with E-state index in [1.165, 1.54) is 11.3 Å². The fraction of sp³-hybridized carbons (Fsp3) is 0.455. The molecule has 20 heavy (non-hydrogen) atoms. The van der Waals surface area contributed by atoms with E-state index in [2.05, 4.69) is 15.9 Å². The molecule has 1 aromatic rings. The molecule has 1 saturated heterocycles. The van der Waals surface area contributed by atoms with Crippen LogP contribution in [0.4, 0.5) is 0 Å². The number of nitrogens with zero attached hydrogens (tertiary/aromatic N) is 1. The number of rotatable bonds is 2. The first kappa shape index (κ1) is 15.5. The highest BCUT2D eigenvalue weighted by Gasteiger charge is 2.39. The lowest BCUT2D eigenvalue weighted by Crippen LogP contribution is -2.54. The van der Waals surface area contributed by atoms with Crippen LogP contribution in [0.1, 0.15) is 14.5 Å². The minimum atomic E-state index is -3.41. The van der Waals surface area contributed by atoms with Gasteiger partial charge in [-0.3, -0.25) is 4.79 Å². The highest BCUT2D eigenvalue weighted by Crippen LogP contribution is 2.28. The van der Waals surface area contributed by atoms with Crippen molar-refractivity contribution in [1.82, 2.24) is 4.90 Å². The Morgan fingerprint density at radius 1 is 1.50 bits per heavy atom. The van der Waals surface area contributed by atoms with Gasteiger partial charge in [0.2, 0.25) is 0 Å². The first-order chi connectivity index (χ1) is 9.21. The minimum absolute atomic E-state index is 0.0906. The monoisotopic (exact) mass is 381 g/mol. The minimum Gasteiger partial charge on any atom is -0.480 e. The van der Waals surface area contributed by atoms with Crippen LogP contribution in [0.25, 0.3) is 0 Å². The van der Waals surface area contributed by atoms with Crippen molar-refractivity contribution in [3.05, 3.63) is 20.3 Å². The van der Waals surface area contributed by atoms with Crippen LogP contribution in [0.5, 0.6) is 0 Å². The molecule has 2 heterocycles. The molecule has 1 amide bonds. The second-order valence-corrected chi connectivity index (χ2v) is 8.82. The number of carboxylic acids is 1. The molecule has 1 aromatic heterocycles. The molecule has 1 aliphatic rings. The van der Waals surface area contributed by atoms with Crippen molar-refractivity contribution in [2.75, 3.05) is 18.1 Å². The molecule has 0 aromatic carbocycles. The van der Waals surface area contributed by atoms with Gasteiger partial charge in [-0.15, -0.1) is 11.3 Å². The molecule has 9 heteroatoms. The average Bonchev–Trinajstić information content (AvgIpc) is 2.67. The molecule has 0 radical (unpaired) electrons. The van der Waals surface area contributed by atoms with Gasteiger partial charge >= 0.3 is 5.97 Å². The molecule has 1 fully saturated rings. The van der Waals surface area contributed by atoms with E-state index in [4.69, 9.17) is 5.11 Å². The number of carbonyl (C=O) groups is 2. The summed E-state index contributed by atoms with van der Waals surface area (Å²) in [7, 11) is -3.41. The summed E-state index contributed by atoms with van der Waals surface area (Å²) >= 11 is 4.55. The number of halogens is 1. The Balaban J connectivity index is 2.30. The van der Waals surface area contributed by atoms with Crippen molar-refractivity contribution in [1.29, 1.82) is 0 Å². The number of aryl methyl sites for hydroxylation is 1. The van der Waals surface area contributed by atoms with Crippen LogP contribution in [0.3, 0.4) is 0 Å². The van der Waals surface area contributed by atoms with Crippen LogP contribution in [-0.4, -0.2) is 54.4 Å². The van der Waals surface area contributed by atoms with Gasteiger partial charge in [-0.1, -0.05) is 0 Å². The molecular formula is C11H12BrNO5S2. The van der Waals surface area contributed by atoms with E-state index in [9.17, 15) is 18.0 Å². The van der Waals surface area contributed by atoms with Gasteiger partial charge in [0.25, 0.3) is 5.91 Å². The zero-order valence-electron chi connectivity index (χ0n) is 10.5. The Kier molecular flexibility index (Phi) is 4.22. The first-order valence-electron chi connectivity index (χ1n) is 5.71. The zero-order valence-corrected chi connectivity index (χ0v) is 13.7. The highest BCUT2D eigenvalue weighted by atomic mass is 79.9. The maximum absolute atomic E-state index is 12.3. The summed E-state index contributed by atoms with van der Waals surface area (Å²) in [6.45, 7) is 1.74. The molecule has 110 valence electrons. The number of carboxylic acid groups (broad SMARTS) is 1. The predicted molar refractivity (Wildman–Crippen MR) is 77.9 cm³/mol. The van der Waals surface area contributed by atoms with Crippen LogP contribution in [-0.2, 0) is 14.6 Å². The van der Waals surface area contributed by atoms with E-state index in [-0.39, 0.29) is 12.3 Å². The molecule has 1 unspecified atom stereocenters. The van der Waals surface area contributed by atoms with Crippen molar-refractivity contribution in [2.45, 2.75) is 13.0 Å². The number of hydrogen-bond donors (Lipinski definition) is 1.